The van der Waals surface area contributed by atoms with Crippen LogP contribution in [0.2, 0.25) is 0 Å². The minimum absolute atomic E-state index is 0.210. The Balaban J connectivity index is 1.34. The molecule has 2 aliphatic heterocycles. The molecule has 0 aromatic heterocycles. The monoisotopic (exact) mass is 518 g/mol. The third-order valence-electron chi connectivity index (χ3n) is 7.31. The van der Waals surface area contributed by atoms with E-state index in [4.69, 9.17) is 9.47 Å². The van der Waals surface area contributed by atoms with Crippen LogP contribution in [-0.2, 0) is 4.79 Å². The molecule has 1 saturated heterocycles. The summed E-state index contributed by atoms with van der Waals surface area (Å²) >= 11 is 0. The highest BCUT2D eigenvalue weighted by molar-refractivity contribution is 6.42. The molecule has 3 aromatic carbocycles. The predicted octanol–water partition coefficient (Wildman–Crippen LogP) is 4.15. The third-order valence-corrected chi connectivity index (χ3v) is 7.31. The van der Waals surface area contributed by atoms with E-state index in [0.29, 0.717) is 30.3 Å². The number of Topliss-reactive ketones (excluding diaryl/α,β-unsaturated/α-hetero) is 1. The number of carbonyl (C=O) groups is 2. The number of likely N-dealkylation sites (tertiary alicyclic amines) is 1. The highest BCUT2D eigenvalue weighted by atomic mass is 19.1. The SMILES string of the molecule is CC(C(NC(=O)C(=O)c1ccc(-c2ccc(F)cc2)cc1)C(O)c1ccc2c(c1)OCCO2)N1CCCC1. The molecule has 0 bridgehead atoms. The highest BCUT2D eigenvalue weighted by Gasteiger charge is 2.35. The van der Waals surface area contributed by atoms with Crippen LogP contribution in [0.5, 0.6) is 11.5 Å². The van der Waals surface area contributed by atoms with E-state index in [9.17, 15) is 19.1 Å². The summed E-state index contributed by atoms with van der Waals surface area (Å²) in [4.78, 5) is 28.4. The summed E-state index contributed by atoms with van der Waals surface area (Å²) < 4.78 is 24.5. The van der Waals surface area contributed by atoms with Gasteiger partial charge in [-0.1, -0.05) is 42.5 Å². The zero-order chi connectivity index (χ0) is 26.6. The van der Waals surface area contributed by atoms with Crippen molar-refractivity contribution < 1.29 is 28.6 Å². The van der Waals surface area contributed by atoms with E-state index in [-0.39, 0.29) is 17.4 Å². The topological polar surface area (TPSA) is 88.1 Å². The van der Waals surface area contributed by atoms with E-state index in [1.54, 1.807) is 54.6 Å². The van der Waals surface area contributed by atoms with Crippen molar-refractivity contribution in [2.24, 2.45) is 0 Å². The van der Waals surface area contributed by atoms with Crippen LogP contribution in [0, 0.1) is 5.82 Å². The fourth-order valence-corrected chi connectivity index (χ4v) is 5.09. The van der Waals surface area contributed by atoms with Crippen molar-refractivity contribution in [3.63, 3.8) is 0 Å². The lowest BCUT2D eigenvalue weighted by Crippen LogP contribution is -2.54. The molecule has 2 aliphatic rings. The number of nitrogens with one attached hydrogen (secondary N) is 1. The first-order chi connectivity index (χ1) is 18.4. The summed E-state index contributed by atoms with van der Waals surface area (Å²) in [6.07, 6.45) is 1.02. The molecule has 198 valence electrons. The van der Waals surface area contributed by atoms with Gasteiger partial charge in [0.15, 0.2) is 11.5 Å². The number of halogens is 1. The Labute approximate surface area is 221 Å². The number of carbonyl (C=O) groups excluding carboxylic acids is 2. The van der Waals surface area contributed by atoms with Gasteiger partial charge < -0.3 is 19.9 Å². The van der Waals surface area contributed by atoms with Crippen molar-refractivity contribution in [1.29, 1.82) is 0 Å². The minimum Gasteiger partial charge on any atom is -0.486 e. The molecule has 8 heteroatoms. The van der Waals surface area contributed by atoms with Gasteiger partial charge in [-0.15, -0.1) is 0 Å². The van der Waals surface area contributed by atoms with Crippen molar-refractivity contribution >= 4 is 11.7 Å². The molecule has 38 heavy (non-hydrogen) atoms. The Kier molecular flexibility index (Phi) is 7.72. The number of nitrogens with zero attached hydrogens (tertiary/aromatic N) is 1. The van der Waals surface area contributed by atoms with Crippen molar-refractivity contribution in [2.45, 2.75) is 38.0 Å². The van der Waals surface area contributed by atoms with E-state index < -0.39 is 23.8 Å². The van der Waals surface area contributed by atoms with Crippen molar-refractivity contribution in [3.05, 3.63) is 83.7 Å². The van der Waals surface area contributed by atoms with Gasteiger partial charge in [0.25, 0.3) is 5.91 Å². The lowest BCUT2D eigenvalue weighted by atomic mass is 9.95. The van der Waals surface area contributed by atoms with Gasteiger partial charge in [-0.05, 0) is 73.8 Å². The molecule has 1 fully saturated rings. The Morgan fingerprint density at radius 2 is 1.50 bits per heavy atom. The van der Waals surface area contributed by atoms with Crippen LogP contribution in [-0.4, -0.2) is 60.1 Å². The average Bonchev–Trinajstić information content (AvgIpc) is 3.50. The summed E-state index contributed by atoms with van der Waals surface area (Å²) in [6.45, 7) is 4.57. The van der Waals surface area contributed by atoms with Gasteiger partial charge >= 0.3 is 0 Å². The Morgan fingerprint density at radius 1 is 0.895 bits per heavy atom. The maximum absolute atomic E-state index is 13.2. The summed E-state index contributed by atoms with van der Waals surface area (Å²) in [7, 11) is 0. The van der Waals surface area contributed by atoms with Gasteiger partial charge in [0, 0.05) is 11.6 Å². The lowest BCUT2D eigenvalue weighted by molar-refractivity contribution is -0.119. The van der Waals surface area contributed by atoms with E-state index in [1.807, 2.05) is 6.92 Å². The number of ketones is 1. The van der Waals surface area contributed by atoms with Crippen molar-refractivity contribution in [2.75, 3.05) is 26.3 Å². The van der Waals surface area contributed by atoms with Gasteiger partial charge in [-0.3, -0.25) is 14.5 Å². The minimum atomic E-state index is -1.07. The highest BCUT2D eigenvalue weighted by Crippen LogP contribution is 2.34. The first-order valence-corrected chi connectivity index (χ1v) is 12.9. The van der Waals surface area contributed by atoms with Crippen molar-refractivity contribution in [1.82, 2.24) is 10.2 Å². The molecule has 5 rings (SSSR count). The van der Waals surface area contributed by atoms with E-state index in [1.165, 1.54) is 12.1 Å². The molecule has 0 spiro atoms. The first-order valence-electron chi connectivity index (χ1n) is 12.9. The summed E-state index contributed by atoms with van der Waals surface area (Å²) in [5, 5.41) is 14.2. The molecule has 2 N–H and O–H groups in total. The van der Waals surface area contributed by atoms with Gasteiger partial charge in [0.2, 0.25) is 5.78 Å². The van der Waals surface area contributed by atoms with Crippen molar-refractivity contribution in [3.8, 4) is 22.6 Å². The number of rotatable bonds is 8. The molecule has 3 aromatic rings. The number of ether oxygens (including phenoxy) is 2. The number of hydrogen-bond acceptors (Lipinski definition) is 6. The van der Waals surface area contributed by atoms with Crippen LogP contribution in [0.25, 0.3) is 11.1 Å². The zero-order valence-corrected chi connectivity index (χ0v) is 21.2. The lowest BCUT2D eigenvalue weighted by Gasteiger charge is -2.35. The quantitative estimate of drug-likeness (QED) is 0.344. The summed E-state index contributed by atoms with van der Waals surface area (Å²) in [5.41, 5.74) is 2.41. The van der Waals surface area contributed by atoms with Crippen LogP contribution in [0.1, 0.15) is 41.8 Å². The molecule has 0 aliphatic carbocycles. The molecule has 7 nitrogen and oxygen atoms in total. The predicted molar refractivity (Wildman–Crippen MR) is 141 cm³/mol. The van der Waals surface area contributed by atoms with E-state index in [0.717, 1.165) is 37.1 Å². The normalized spacial score (nSPS) is 17.4. The van der Waals surface area contributed by atoms with Crippen LogP contribution in [0.15, 0.2) is 66.7 Å². The van der Waals surface area contributed by atoms with Gasteiger partial charge in [0.05, 0.1) is 6.04 Å². The van der Waals surface area contributed by atoms with E-state index in [2.05, 4.69) is 10.2 Å². The largest absolute Gasteiger partial charge is 0.486 e. The van der Waals surface area contributed by atoms with Crippen LogP contribution in [0.4, 0.5) is 4.39 Å². The molecule has 0 radical (unpaired) electrons. The fraction of sp³-hybridized carbons (Fsp3) is 0.333. The molecular formula is C30H31FN2O5. The maximum atomic E-state index is 13.2. The number of amides is 1. The zero-order valence-electron chi connectivity index (χ0n) is 21.2. The summed E-state index contributed by atoms with van der Waals surface area (Å²) in [6, 6.07) is 17.0. The molecule has 3 unspecified atom stereocenters. The van der Waals surface area contributed by atoms with Gasteiger partial charge in [0.1, 0.15) is 25.1 Å². The molecule has 1 amide bonds. The number of aliphatic hydroxyl groups is 1. The fourth-order valence-electron chi connectivity index (χ4n) is 5.09. The number of fused-ring (bicyclic) bond motifs is 1. The number of aliphatic hydroxyl groups excluding tert-OH is 1. The second-order valence-corrected chi connectivity index (χ2v) is 9.74. The molecule has 3 atom stereocenters. The number of hydrogen-bond donors (Lipinski definition) is 2. The molecule has 0 saturated carbocycles. The Hall–Kier alpha value is -3.75. The average molecular weight is 519 g/mol. The molecular weight excluding hydrogens is 487 g/mol. The van der Waals surface area contributed by atoms with E-state index >= 15 is 0 Å². The van der Waals surface area contributed by atoms with Crippen LogP contribution < -0.4 is 14.8 Å². The third kappa shape index (κ3) is 5.56. The van der Waals surface area contributed by atoms with Gasteiger partial charge in [-0.25, -0.2) is 4.39 Å². The Bertz CT molecular complexity index is 1290. The standard InChI is InChI=1S/C30H31FN2O5/c1-19(33-14-2-3-15-33)27(28(34)23-10-13-25-26(18-23)38-17-16-37-25)32-30(36)29(35)22-6-4-20(5-7-22)21-8-11-24(31)12-9-21/h4-13,18-19,27-28,34H,2-3,14-17H2,1H3,(H,32,36). The number of benzene rings is 3. The second kappa shape index (κ2) is 11.3. The second-order valence-electron chi connectivity index (χ2n) is 9.74. The Morgan fingerprint density at radius 3 is 2.16 bits per heavy atom. The molecule has 2 heterocycles. The van der Waals surface area contributed by atoms with Crippen LogP contribution >= 0.6 is 0 Å². The maximum Gasteiger partial charge on any atom is 0.292 e. The first kappa shape index (κ1) is 25.9. The smallest absolute Gasteiger partial charge is 0.292 e. The summed E-state index contributed by atoms with van der Waals surface area (Å²) in [5.74, 6) is -0.646. The van der Waals surface area contributed by atoms with Gasteiger partial charge in [-0.2, -0.15) is 0 Å². The van der Waals surface area contributed by atoms with Crippen LogP contribution in [0.3, 0.4) is 0 Å².